The number of nitrogens with one attached hydrogen (secondary N) is 1. The summed E-state index contributed by atoms with van der Waals surface area (Å²) in [7, 11) is 1.38. The molecule has 5 rings (SSSR count). The van der Waals surface area contributed by atoms with Crippen LogP contribution in [-0.4, -0.2) is 34.2 Å². The number of benzene rings is 2. The van der Waals surface area contributed by atoms with Gasteiger partial charge in [0.1, 0.15) is 17.1 Å². The molecule has 7 heteroatoms. The summed E-state index contributed by atoms with van der Waals surface area (Å²) in [6.07, 6.45) is 0. The molecule has 3 aliphatic rings. The molecule has 2 aromatic carbocycles. The summed E-state index contributed by atoms with van der Waals surface area (Å²) in [6, 6.07) is 11.5. The molecule has 4 atom stereocenters. The molecule has 0 saturated carbocycles. The summed E-state index contributed by atoms with van der Waals surface area (Å²) < 4.78 is 0.638. The zero-order chi connectivity index (χ0) is 18.9. The highest BCUT2D eigenvalue weighted by Crippen LogP contribution is 2.62. The molecule has 0 heterocycles. The number of carbonyl (C=O) groups is 2. The van der Waals surface area contributed by atoms with Crippen LogP contribution < -0.4 is 5.32 Å². The summed E-state index contributed by atoms with van der Waals surface area (Å²) in [5.74, 6) is -4.90. The van der Waals surface area contributed by atoms with Crippen molar-refractivity contribution in [3.63, 3.8) is 0 Å². The van der Waals surface area contributed by atoms with Crippen molar-refractivity contribution < 1.29 is 24.9 Å². The van der Waals surface area contributed by atoms with Crippen molar-refractivity contribution in [3.05, 3.63) is 69.2 Å². The molecule has 0 saturated heterocycles. The molecule has 4 N–H and O–H groups in total. The van der Waals surface area contributed by atoms with Crippen molar-refractivity contribution >= 4 is 27.8 Å². The lowest BCUT2D eigenvalue weighted by atomic mass is 9.49. The van der Waals surface area contributed by atoms with Crippen LogP contribution in [0.4, 0.5) is 0 Å². The highest BCUT2D eigenvalue weighted by Gasteiger charge is 2.69. The number of carboxylic acids is 1. The Hall–Kier alpha value is -2.22. The molecule has 2 bridgehead atoms. The van der Waals surface area contributed by atoms with Crippen molar-refractivity contribution in [3.8, 4) is 0 Å². The van der Waals surface area contributed by atoms with Gasteiger partial charge in [0, 0.05) is 11.5 Å². The van der Waals surface area contributed by atoms with E-state index in [9.17, 15) is 24.9 Å². The largest absolute Gasteiger partial charge is 0.481 e. The van der Waals surface area contributed by atoms with Crippen molar-refractivity contribution in [2.24, 2.45) is 11.8 Å². The normalized spacial score (nSPS) is 31.1. The van der Waals surface area contributed by atoms with Crippen LogP contribution in [0.2, 0.25) is 0 Å². The monoisotopic (exact) mass is 417 g/mol. The van der Waals surface area contributed by atoms with Gasteiger partial charge in [-0.05, 0) is 34.4 Å². The molecule has 0 aromatic heterocycles. The van der Waals surface area contributed by atoms with Crippen molar-refractivity contribution in [2.75, 3.05) is 7.05 Å². The van der Waals surface area contributed by atoms with Gasteiger partial charge in [0.25, 0.3) is 0 Å². The minimum absolute atomic E-state index is 0.292. The predicted molar refractivity (Wildman–Crippen MR) is 95.3 cm³/mol. The Labute approximate surface area is 157 Å². The average Bonchev–Trinajstić information content (AvgIpc) is 2.62. The van der Waals surface area contributed by atoms with Gasteiger partial charge in [-0.1, -0.05) is 46.3 Å². The topological polar surface area (TPSA) is 107 Å². The van der Waals surface area contributed by atoms with E-state index in [1.807, 2.05) is 0 Å². The van der Waals surface area contributed by atoms with E-state index in [4.69, 9.17) is 0 Å². The summed E-state index contributed by atoms with van der Waals surface area (Å²) in [6.45, 7) is 0. The van der Waals surface area contributed by atoms with Gasteiger partial charge in [-0.25, -0.2) is 0 Å². The van der Waals surface area contributed by atoms with E-state index in [1.165, 1.54) is 7.05 Å². The molecule has 134 valence electrons. The van der Waals surface area contributed by atoms with Crippen LogP contribution in [0, 0.1) is 11.8 Å². The Bertz CT molecular complexity index is 961. The van der Waals surface area contributed by atoms with Gasteiger partial charge in [-0.2, -0.15) is 0 Å². The average molecular weight is 418 g/mol. The molecule has 1 amide bonds. The molecular weight excluding hydrogens is 402 g/mol. The van der Waals surface area contributed by atoms with Gasteiger partial charge in [0.05, 0.1) is 5.92 Å². The van der Waals surface area contributed by atoms with Crippen molar-refractivity contribution in [1.29, 1.82) is 0 Å². The van der Waals surface area contributed by atoms with E-state index in [-0.39, 0.29) is 0 Å². The maximum Gasteiger partial charge on any atom is 0.311 e. The van der Waals surface area contributed by atoms with Crippen LogP contribution in [0.3, 0.4) is 0 Å². The Kier molecular flexibility index (Phi) is 3.57. The Morgan fingerprint density at radius 1 is 0.962 bits per heavy atom. The van der Waals surface area contributed by atoms with Crippen LogP contribution in [0.15, 0.2) is 46.9 Å². The number of aliphatic carboxylic acids is 1. The van der Waals surface area contributed by atoms with E-state index in [0.717, 1.165) is 0 Å². The first-order valence-electron chi connectivity index (χ1n) is 8.07. The number of carboxylic acid groups (broad SMARTS) is 1. The summed E-state index contributed by atoms with van der Waals surface area (Å²) >= 11 is 3.34. The third-order valence-electron chi connectivity index (χ3n) is 5.58. The molecule has 0 radical (unpaired) electrons. The Morgan fingerprint density at radius 3 is 2.04 bits per heavy atom. The lowest BCUT2D eigenvalue weighted by Crippen LogP contribution is -2.65. The molecule has 2 aromatic rings. The number of hydrogen-bond donors (Lipinski definition) is 4. The number of amides is 1. The second kappa shape index (κ2) is 5.39. The predicted octanol–water partition coefficient (Wildman–Crippen LogP) is 1.31. The fraction of sp³-hybridized carbons (Fsp3) is 0.263. The third-order valence-corrected chi connectivity index (χ3v) is 6.07. The third kappa shape index (κ3) is 1.83. The van der Waals surface area contributed by atoms with Gasteiger partial charge in [-0.15, -0.1) is 0 Å². The summed E-state index contributed by atoms with van der Waals surface area (Å²) in [5.41, 5.74) is -2.51. The summed E-state index contributed by atoms with van der Waals surface area (Å²) in [5, 5.41) is 35.8. The van der Waals surface area contributed by atoms with E-state index in [2.05, 4.69) is 21.2 Å². The number of rotatable bonds is 2. The van der Waals surface area contributed by atoms with Crippen LogP contribution >= 0.6 is 15.9 Å². The number of halogens is 1. The summed E-state index contributed by atoms with van der Waals surface area (Å²) in [4.78, 5) is 24.8. The first kappa shape index (κ1) is 17.2. The second-order valence-corrected chi connectivity index (χ2v) is 7.59. The zero-order valence-electron chi connectivity index (χ0n) is 13.7. The molecule has 3 aliphatic carbocycles. The highest BCUT2D eigenvalue weighted by molar-refractivity contribution is 9.10. The first-order valence-corrected chi connectivity index (χ1v) is 8.86. The van der Waals surface area contributed by atoms with Crippen LogP contribution in [0.5, 0.6) is 0 Å². The highest BCUT2D eigenvalue weighted by atomic mass is 79.9. The van der Waals surface area contributed by atoms with Gasteiger partial charge < -0.3 is 20.6 Å². The SMILES string of the molecule is CNC(=O)C1C(C(=O)O)C2(O)c3ccccc3C1(O)c1ccc(Br)cc12. The fourth-order valence-corrected chi connectivity index (χ4v) is 4.93. The van der Waals surface area contributed by atoms with Crippen LogP contribution in [-0.2, 0) is 20.8 Å². The van der Waals surface area contributed by atoms with Crippen molar-refractivity contribution in [1.82, 2.24) is 5.32 Å². The molecule has 4 unspecified atom stereocenters. The molecule has 0 aliphatic heterocycles. The zero-order valence-corrected chi connectivity index (χ0v) is 15.3. The Balaban J connectivity index is 2.19. The molecule has 26 heavy (non-hydrogen) atoms. The van der Waals surface area contributed by atoms with Crippen LogP contribution in [0.1, 0.15) is 22.3 Å². The number of carbonyl (C=O) groups excluding carboxylic acids is 1. The van der Waals surface area contributed by atoms with Crippen molar-refractivity contribution in [2.45, 2.75) is 11.2 Å². The maximum absolute atomic E-state index is 12.7. The van der Waals surface area contributed by atoms with E-state index >= 15 is 0 Å². The second-order valence-electron chi connectivity index (χ2n) is 6.68. The van der Waals surface area contributed by atoms with Gasteiger partial charge in [0.2, 0.25) is 5.91 Å². The van der Waals surface area contributed by atoms with Gasteiger partial charge in [0.15, 0.2) is 0 Å². The number of fused-ring (bicyclic) bond motifs is 1. The van der Waals surface area contributed by atoms with E-state index in [1.54, 1.807) is 42.5 Å². The van der Waals surface area contributed by atoms with Gasteiger partial charge in [-0.3, -0.25) is 9.59 Å². The number of hydrogen-bond acceptors (Lipinski definition) is 4. The lowest BCUT2D eigenvalue weighted by Gasteiger charge is -2.57. The quantitative estimate of drug-likeness (QED) is 0.589. The first-order chi connectivity index (χ1) is 12.3. The Morgan fingerprint density at radius 2 is 1.50 bits per heavy atom. The fourth-order valence-electron chi connectivity index (χ4n) is 4.57. The lowest BCUT2D eigenvalue weighted by molar-refractivity contribution is -0.179. The molecule has 0 spiro atoms. The maximum atomic E-state index is 12.7. The van der Waals surface area contributed by atoms with Crippen LogP contribution in [0.25, 0.3) is 0 Å². The molecule has 6 nitrogen and oxygen atoms in total. The smallest absolute Gasteiger partial charge is 0.311 e. The van der Waals surface area contributed by atoms with E-state index < -0.39 is 34.9 Å². The molecule has 0 fully saturated rings. The standard InChI is InChI=1S/C19H16BrNO5/c1-21-16(22)14-15(17(23)24)19(26)11-5-3-2-4-10(11)18(14,25)12-7-6-9(20)8-13(12)19/h2-8,14-15,25-26H,1H3,(H,21,22)(H,23,24). The van der Waals surface area contributed by atoms with E-state index in [0.29, 0.717) is 26.7 Å². The minimum Gasteiger partial charge on any atom is -0.481 e. The molecular formula is C19H16BrNO5. The number of aliphatic hydroxyl groups is 2. The minimum atomic E-state index is -1.94. The van der Waals surface area contributed by atoms with Gasteiger partial charge >= 0.3 is 5.97 Å².